The van der Waals surface area contributed by atoms with Gasteiger partial charge >= 0.3 is 0 Å². The lowest BCUT2D eigenvalue weighted by Gasteiger charge is -2.28. The molecule has 1 unspecified atom stereocenters. The summed E-state index contributed by atoms with van der Waals surface area (Å²) < 4.78 is 0. The topological polar surface area (TPSA) is 36.4 Å². The molecular weight excluding hydrogens is 232 g/mol. The second-order valence-corrected chi connectivity index (χ2v) is 5.16. The van der Waals surface area contributed by atoms with Crippen LogP contribution in [0.1, 0.15) is 32.1 Å². The fourth-order valence-corrected chi connectivity index (χ4v) is 2.60. The maximum Gasteiger partial charge on any atom is 0.0931 e. The van der Waals surface area contributed by atoms with Crippen molar-refractivity contribution < 1.29 is 5.11 Å². The minimum atomic E-state index is -0.498. The first-order valence-electron chi connectivity index (χ1n) is 5.95. The molecule has 0 radical (unpaired) electrons. The van der Waals surface area contributed by atoms with Crippen LogP contribution in [0.3, 0.4) is 0 Å². The fourth-order valence-electron chi connectivity index (χ4n) is 1.76. The van der Waals surface area contributed by atoms with Crippen LogP contribution in [-0.2, 0) is 0 Å². The first kappa shape index (κ1) is 14.3. The summed E-state index contributed by atoms with van der Waals surface area (Å²) in [7, 11) is 2.10. The van der Waals surface area contributed by atoms with Crippen LogP contribution in [0.2, 0.25) is 0 Å². The van der Waals surface area contributed by atoms with Gasteiger partial charge in [-0.05, 0) is 31.7 Å². The van der Waals surface area contributed by atoms with Crippen molar-refractivity contribution in [1.82, 2.24) is 4.98 Å². The summed E-state index contributed by atoms with van der Waals surface area (Å²) in [5, 5.41) is 9.41. The molecule has 1 aromatic heterocycles. The summed E-state index contributed by atoms with van der Waals surface area (Å²) in [5.41, 5.74) is 1.83. The van der Waals surface area contributed by atoms with E-state index in [1.807, 2.05) is 30.1 Å². The lowest BCUT2D eigenvalue weighted by molar-refractivity contribution is 0.194. The molecule has 0 saturated heterocycles. The molecule has 17 heavy (non-hydrogen) atoms. The van der Waals surface area contributed by atoms with Crippen LogP contribution >= 0.6 is 11.8 Å². The molecule has 0 aromatic carbocycles. The maximum atomic E-state index is 9.41. The molecule has 0 aliphatic carbocycles. The number of aromatic nitrogens is 1. The van der Waals surface area contributed by atoms with Gasteiger partial charge in [0.2, 0.25) is 0 Å². The fraction of sp³-hybridized carbons (Fsp3) is 0.615. The van der Waals surface area contributed by atoms with Gasteiger partial charge in [0.1, 0.15) is 0 Å². The minimum Gasteiger partial charge on any atom is -0.387 e. The van der Waals surface area contributed by atoms with Crippen molar-refractivity contribution in [2.24, 2.45) is 0 Å². The zero-order valence-electron chi connectivity index (χ0n) is 11.1. The smallest absolute Gasteiger partial charge is 0.0931 e. The van der Waals surface area contributed by atoms with Gasteiger partial charge in [0.15, 0.2) is 0 Å². The molecule has 0 bridgehead atoms. The van der Waals surface area contributed by atoms with Crippen molar-refractivity contribution >= 4 is 17.4 Å². The van der Waals surface area contributed by atoms with E-state index in [0.717, 1.165) is 23.6 Å². The third-order valence-electron chi connectivity index (χ3n) is 2.98. The van der Waals surface area contributed by atoms with Crippen molar-refractivity contribution in [2.75, 3.05) is 24.0 Å². The SMILES string of the molecule is CCC(CSC)N(C)c1ccc([C@@H](C)O)nc1. The van der Waals surface area contributed by atoms with Gasteiger partial charge in [-0.3, -0.25) is 4.98 Å². The molecule has 0 amide bonds. The predicted molar refractivity (Wildman–Crippen MR) is 75.7 cm³/mol. The lowest BCUT2D eigenvalue weighted by atomic mass is 10.2. The van der Waals surface area contributed by atoms with Gasteiger partial charge in [-0.25, -0.2) is 0 Å². The van der Waals surface area contributed by atoms with Crippen LogP contribution in [-0.4, -0.2) is 35.2 Å². The molecule has 3 nitrogen and oxygen atoms in total. The largest absolute Gasteiger partial charge is 0.387 e. The minimum absolute atomic E-state index is 0.498. The number of thioether (sulfide) groups is 1. The van der Waals surface area contributed by atoms with E-state index in [2.05, 4.69) is 30.1 Å². The van der Waals surface area contributed by atoms with E-state index in [1.165, 1.54) is 0 Å². The van der Waals surface area contributed by atoms with Gasteiger partial charge in [-0.2, -0.15) is 11.8 Å². The Labute approximate surface area is 108 Å². The Morgan fingerprint density at radius 3 is 2.59 bits per heavy atom. The summed E-state index contributed by atoms with van der Waals surface area (Å²) in [6.07, 6.45) is 4.59. The summed E-state index contributed by atoms with van der Waals surface area (Å²) in [6.45, 7) is 3.93. The molecule has 1 rings (SSSR count). The van der Waals surface area contributed by atoms with Crippen LogP contribution < -0.4 is 4.90 Å². The molecule has 0 aliphatic heterocycles. The first-order valence-corrected chi connectivity index (χ1v) is 7.35. The summed E-state index contributed by atoms with van der Waals surface area (Å²) in [4.78, 5) is 6.54. The zero-order valence-corrected chi connectivity index (χ0v) is 11.9. The Balaban J connectivity index is 2.77. The number of aliphatic hydroxyl groups is 1. The lowest BCUT2D eigenvalue weighted by Crippen LogP contribution is -2.33. The molecule has 0 fully saturated rings. The zero-order chi connectivity index (χ0) is 12.8. The van der Waals surface area contributed by atoms with E-state index in [-0.39, 0.29) is 0 Å². The predicted octanol–water partition coefficient (Wildman–Crippen LogP) is 2.71. The second-order valence-electron chi connectivity index (χ2n) is 4.25. The highest BCUT2D eigenvalue weighted by Gasteiger charge is 2.13. The van der Waals surface area contributed by atoms with Crippen LogP contribution in [0.25, 0.3) is 0 Å². The van der Waals surface area contributed by atoms with Gasteiger partial charge in [0.05, 0.1) is 23.7 Å². The van der Waals surface area contributed by atoms with Crippen LogP contribution in [0.5, 0.6) is 0 Å². The van der Waals surface area contributed by atoms with Crippen LogP contribution in [0.4, 0.5) is 5.69 Å². The van der Waals surface area contributed by atoms with Crippen LogP contribution in [0, 0.1) is 0 Å². The molecule has 2 atom stereocenters. The molecule has 0 aliphatic rings. The molecule has 0 saturated carbocycles. The number of nitrogens with zero attached hydrogens (tertiary/aromatic N) is 2. The summed E-state index contributed by atoms with van der Waals surface area (Å²) >= 11 is 1.86. The third-order valence-corrected chi connectivity index (χ3v) is 3.70. The molecule has 1 N–H and O–H groups in total. The molecular formula is C13H22N2OS. The Morgan fingerprint density at radius 1 is 1.47 bits per heavy atom. The number of anilines is 1. The van der Waals surface area contributed by atoms with Crippen molar-refractivity contribution in [1.29, 1.82) is 0 Å². The average Bonchev–Trinajstić information content (AvgIpc) is 2.35. The van der Waals surface area contributed by atoms with Crippen LogP contribution in [0.15, 0.2) is 18.3 Å². The van der Waals surface area contributed by atoms with E-state index in [9.17, 15) is 5.11 Å². The highest BCUT2D eigenvalue weighted by Crippen LogP contribution is 2.19. The molecule has 96 valence electrons. The van der Waals surface area contributed by atoms with Gasteiger partial charge in [0.25, 0.3) is 0 Å². The first-order chi connectivity index (χ1) is 8.10. The molecule has 4 heteroatoms. The van der Waals surface area contributed by atoms with E-state index in [1.54, 1.807) is 6.92 Å². The Morgan fingerprint density at radius 2 is 2.18 bits per heavy atom. The number of hydrogen-bond donors (Lipinski definition) is 1. The highest BCUT2D eigenvalue weighted by atomic mass is 32.2. The Kier molecular flexibility index (Phi) is 5.78. The normalized spacial score (nSPS) is 14.4. The quantitative estimate of drug-likeness (QED) is 0.847. The van der Waals surface area contributed by atoms with Gasteiger partial charge in [0, 0.05) is 18.8 Å². The number of pyridine rings is 1. The summed E-state index contributed by atoms with van der Waals surface area (Å²) in [5.74, 6) is 1.12. The van der Waals surface area contributed by atoms with Gasteiger partial charge < -0.3 is 10.0 Å². The Bertz CT molecular complexity index is 327. The molecule has 0 spiro atoms. The molecule has 1 heterocycles. The monoisotopic (exact) mass is 254 g/mol. The number of aliphatic hydroxyl groups excluding tert-OH is 1. The summed E-state index contributed by atoms with van der Waals surface area (Å²) in [6, 6.07) is 4.45. The second kappa shape index (κ2) is 6.87. The van der Waals surface area contributed by atoms with E-state index < -0.39 is 6.10 Å². The highest BCUT2D eigenvalue weighted by molar-refractivity contribution is 7.98. The average molecular weight is 254 g/mol. The van der Waals surface area contributed by atoms with Gasteiger partial charge in [-0.15, -0.1) is 0 Å². The van der Waals surface area contributed by atoms with Gasteiger partial charge in [-0.1, -0.05) is 6.92 Å². The van der Waals surface area contributed by atoms with E-state index >= 15 is 0 Å². The number of rotatable bonds is 6. The van der Waals surface area contributed by atoms with E-state index in [4.69, 9.17) is 0 Å². The standard InChI is InChI=1S/C13H22N2OS/c1-5-11(9-17-4)15(3)12-6-7-13(10(2)16)14-8-12/h6-8,10-11,16H,5,9H2,1-4H3/t10-,11?/m1/s1. The third kappa shape index (κ3) is 3.89. The Hall–Kier alpha value is -0.740. The van der Waals surface area contributed by atoms with Crippen molar-refractivity contribution in [3.05, 3.63) is 24.0 Å². The van der Waals surface area contributed by atoms with Crippen molar-refractivity contribution in [3.63, 3.8) is 0 Å². The molecule has 1 aromatic rings. The number of hydrogen-bond acceptors (Lipinski definition) is 4. The van der Waals surface area contributed by atoms with E-state index in [0.29, 0.717) is 6.04 Å². The maximum absolute atomic E-state index is 9.41. The van der Waals surface area contributed by atoms with Crippen molar-refractivity contribution in [2.45, 2.75) is 32.4 Å². The van der Waals surface area contributed by atoms with Crippen molar-refractivity contribution in [3.8, 4) is 0 Å².